The second-order valence-electron chi connectivity index (χ2n) is 4.82. The predicted molar refractivity (Wildman–Crippen MR) is 88.2 cm³/mol. The number of carbonyl (C=O) groups excluding carboxylic acids is 1. The Morgan fingerprint density at radius 2 is 1.41 bits per heavy atom. The lowest BCUT2D eigenvalue weighted by Gasteiger charge is -2.12. The number of hydrogen-bond acceptors (Lipinski definition) is 2. The molecule has 3 aromatic rings. The standard InChI is InChI=1S/C19H13ClO2/c20-22-17-13-7-12-16(18(17)14-8-3-1-4-9-14)19(21)15-10-5-2-6-11-15/h1-13H. The van der Waals surface area contributed by atoms with Gasteiger partial charge in [-0.05, 0) is 11.6 Å². The summed E-state index contributed by atoms with van der Waals surface area (Å²) in [5.41, 5.74) is 2.78. The van der Waals surface area contributed by atoms with Crippen molar-refractivity contribution in [2.24, 2.45) is 0 Å². The Morgan fingerprint density at radius 3 is 2.05 bits per heavy atom. The van der Waals surface area contributed by atoms with E-state index in [0.717, 1.165) is 5.56 Å². The lowest BCUT2D eigenvalue weighted by Crippen LogP contribution is -2.04. The zero-order valence-corrected chi connectivity index (χ0v) is 12.5. The third-order valence-electron chi connectivity index (χ3n) is 3.45. The van der Waals surface area contributed by atoms with Gasteiger partial charge in [0.25, 0.3) is 0 Å². The molecular formula is C19H13ClO2. The number of benzene rings is 3. The smallest absolute Gasteiger partial charge is 0.193 e. The van der Waals surface area contributed by atoms with Crippen molar-refractivity contribution in [3.05, 3.63) is 90.0 Å². The SMILES string of the molecule is O=C(c1ccccc1)c1cccc(OCl)c1-c1ccccc1. The molecule has 0 saturated heterocycles. The Hall–Kier alpha value is -2.58. The van der Waals surface area contributed by atoms with Crippen molar-refractivity contribution in [1.82, 2.24) is 0 Å². The van der Waals surface area contributed by atoms with Crippen molar-refractivity contribution in [1.29, 1.82) is 0 Å². The molecule has 0 amide bonds. The van der Waals surface area contributed by atoms with Gasteiger partial charge in [0.15, 0.2) is 11.5 Å². The van der Waals surface area contributed by atoms with Gasteiger partial charge in [-0.1, -0.05) is 72.8 Å². The summed E-state index contributed by atoms with van der Waals surface area (Å²) in [6.45, 7) is 0. The summed E-state index contributed by atoms with van der Waals surface area (Å²) in [5.74, 6) is 0.407. The zero-order valence-electron chi connectivity index (χ0n) is 11.7. The van der Waals surface area contributed by atoms with E-state index in [0.29, 0.717) is 22.4 Å². The van der Waals surface area contributed by atoms with Gasteiger partial charge in [-0.25, -0.2) is 0 Å². The van der Waals surface area contributed by atoms with Crippen LogP contribution in [0.1, 0.15) is 15.9 Å². The highest BCUT2D eigenvalue weighted by atomic mass is 35.5. The van der Waals surface area contributed by atoms with Crippen LogP contribution in [-0.2, 0) is 0 Å². The van der Waals surface area contributed by atoms with E-state index in [-0.39, 0.29) is 5.78 Å². The Morgan fingerprint density at radius 1 is 0.773 bits per heavy atom. The van der Waals surface area contributed by atoms with Crippen molar-refractivity contribution in [2.75, 3.05) is 0 Å². The Labute approximate surface area is 134 Å². The summed E-state index contributed by atoms with van der Waals surface area (Å²) in [7, 11) is 0. The van der Waals surface area contributed by atoms with Gasteiger partial charge in [0.05, 0.1) is 0 Å². The number of ketones is 1. The summed E-state index contributed by atoms with van der Waals surface area (Å²) < 4.78 is 4.95. The minimum atomic E-state index is -0.0602. The van der Waals surface area contributed by atoms with E-state index >= 15 is 0 Å². The van der Waals surface area contributed by atoms with E-state index < -0.39 is 0 Å². The van der Waals surface area contributed by atoms with E-state index in [9.17, 15) is 4.79 Å². The van der Waals surface area contributed by atoms with E-state index in [1.54, 1.807) is 30.3 Å². The minimum Gasteiger partial charge on any atom is -0.385 e. The van der Waals surface area contributed by atoms with E-state index in [1.165, 1.54) is 0 Å². The number of carbonyl (C=O) groups is 1. The monoisotopic (exact) mass is 308 g/mol. The Bertz CT molecular complexity index is 783. The largest absolute Gasteiger partial charge is 0.385 e. The second kappa shape index (κ2) is 6.46. The fourth-order valence-corrected chi connectivity index (χ4v) is 2.56. The molecule has 0 saturated carbocycles. The quantitative estimate of drug-likeness (QED) is 0.625. The van der Waals surface area contributed by atoms with Crippen molar-refractivity contribution in [3.8, 4) is 16.9 Å². The molecule has 0 N–H and O–H groups in total. The molecular weight excluding hydrogens is 296 g/mol. The van der Waals surface area contributed by atoms with Crippen molar-refractivity contribution in [2.45, 2.75) is 0 Å². The van der Waals surface area contributed by atoms with Crippen LogP contribution in [0.4, 0.5) is 0 Å². The van der Waals surface area contributed by atoms with Crippen LogP contribution in [0, 0.1) is 0 Å². The third-order valence-corrected chi connectivity index (χ3v) is 3.62. The van der Waals surface area contributed by atoms with Crippen molar-refractivity contribution < 1.29 is 9.08 Å². The van der Waals surface area contributed by atoms with Gasteiger partial charge in [0.2, 0.25) is 0 Å². The topological polar surface area (TPSA) is 26.3 Å². The van der Waals surface area contributed by atoms with Crippen LogP contribution < -0.4 is 4.29 Å². The number of rotatable bonds is 4. The van der Waals surface area contributed by atoms with Crippen LogP contribution in [0.15, 0.2) is 78.9 Å². The maximum atomic E-state index is 12.8. The lowest BCUT2D eigenvalue weighted by molar-refractivity contribution is 0.103. The van der Waals surface area contributed by atoms with Gasteiger partial charge < -0.3 is 4.29 Å². The third kappa shape index (κ3) is 2.74. The molecule has 0 heterocycles. The summed E-state index contributed by atoms with van der Waals surface area (Å²) in [6.07, 6.45) is 0. The normalized spacial score (nSPS) is 10.2. The minimum absolute atomic E-state index is 0.0602. The van der Waals surface area contributed by atoms with E-state index in [4.69, 9.17) is 16.2 Å². The molecule has 0 atom stereocenters. The molecule has 3 heteroatoms. The van der Waals surface area contributed by atoms with Crippen LogP contribution in [0.2, 0.25) is 0 Å². The van der Waals surface area contributed by atoms with Crippen LogP contribution in [0.3, 0.4) is 0 Å². The molecule has 0 aliphatic heterocycles. The zero-order chi connectivity index (χ0) is 15.4. The molecule has 22 heavy (non-hydrogen) atoms. The van der Waals surface area contributed by atoms with Gasteiger partial charge in [-0.3, -0.25) is 4.79 Å². The van der Waals surface area contributed by atoms with Crippen LogP contribution in [-0.4, -0.2) is 5.78 Å². The Balaban J connectivity index is 2.18. The molecule has 0 aliphatic rings. The highest BCUT2D eigenvalue weighted by molar-refractivity contribution is 6.15. The maximum absolute atomic E-state index is 12.8. The molecule has 0 aliphatic carbocycles. The predicted octanol–water partition coefficient (Wildman–Crippen LogP) is 5.12. The molecule has 0 fully saturated rings. The fraction of sp³-hybridized carbons (Fsp3) is 0. The molecule has 0 aromatic heterocycles. The lowest BCUT2D eigenvalue weighted by atomic mass is 9.93. The first-order chi connectivity index (χ1) is 10.8. The maximum Gasteiger partial charge on any atom is 0.193 e. The molecule has 0 radical (unpaired) electrons. The molecule has 3 aromatic carbocycles. The summed E-state index contributed by atoms with van der Waals surface area (Å²) in [6, 6.07) is 24.1. The van der Waals surface area contributed by atoms with Crippen molar-refractivity contribution in [3.63, 3.8) is 0 Å². The fourth-order valence-electron chi connectivity index (χ4n) is 2.43. The molecule has 0 bridgehead atoms. The first-order valence-corrected chi connectivity index (χ1v) is 7.19. The van der Waals surface area contributed by atoms with Gasteiger partial charge in [-0.2, -0.15) is 0 Å². The van der Waals surface area contributed by atoms with Crippen LogP contribution >= 0.6 is 11.9 Å². The first kappa shape index (κ1) is 14.4. The second-order valence-corrected chi connectivity index (χ2v) is 4.97. The average molecular weight is 309 g/mol. The number of halogens is 1. The average Bonchev–Trinajstić information content (AvgIpc) is 2.62. The first-order valence-electron chi connectivity index (χ1n) is 6.88. The van der Waals surface area contributed by atoms with E-state index in [1.807, 2.05) is 48.5 Å². The summed E-state index contributed by atoms with van der Waals surface area (Å²) >= 11 is 5.59. The molecule has 2 nitrogen and oxygen atoms in total. The van der Waals surface area contributed by atoms with E-state index in [2.05, 4.69) is 0 Å². The Kier molecular flexibility index (Phi) is 4.22. The summed E-state index contributed by atoms with van der Waals surface area (Å²) in [5, 5.41) is 0. The molecule has 3 rings (SSSR count). The van der Waals surface area contributed by atoms with Crippen LogP contribution in [0.25, 0.3) is 11.1 Å². The van der Waals surface area contributed by atoms with Gasteiger partial charge in [0.1, 0.15) is 11.9 Å². The van der Waals surface area contributed by atoms with Gasteiger partial charge in [-0.15, -0.1) is 0 Å². The van der Waals surface area contributed by atoms with Gasteiger partial charge in [0, 0.05) is 16.7 Å². The van der Waals surface area contributed by atoms with Crippen LogP contribution in [0.5, 0.6) is 5.75 Å². The molecule has 0 unspecified atom stereocenters. The van der Waals surface area contributed by atoms with Crippen molar-refractivity contribution >= 4 is 17.6 Å². The molecule has 108 valence electrons. The number of hydrogen-bond donors (Lipinski definition) is 0. The highest BCUT2D eigenvalue weighted by Crippen LogP contribution is 2.35. The highest BCUT2D eigenvalue weighted by Gasteiger charge is 2.18. The molecule has 0 spiro atoms. The summed E-state index contributed by atoms with van der Waals surface area (Å²) in [4.78, 5) is 12.8. The van der Waals surface area contributed by atoms with Gasteiger partial charge >= 0.3 is 0 Å².